The standard InChI is InChI=1S/C16H18ClNO3S/c17-12-6-1-2-7-13(12)22-9-14(19)18-8-10-4-3-5-11(10)15(18)16(20)21/h1-2,6-7,10-11,15H,3-5,8-9H2,(H,20,21). The van der Waals surface area contributed by atoms with Gasteiger partial charge >= 0.3 is 5.97 Å². The fourth-order valence-corrected chi connectivity index (χ4v) is 4.79. The Morgan fingerprint density at radius 1 is 1.32 bits per heavy atom. The monoisotopic (exact) mass is 339 g/mol. The second-order valence-electron chi connectivity index (χ2n) is 5.90. The van der Waals surface area contributed by atoms with Crippen LogP contribution in [0.5, 0.6) is 0 Å². The van der Waals surface area contributed by atoms with Gasteiger partial charge in [0.15, 0.2) is 0 Å². The lowest BCUT2D eigenvalue weighted by molar-refractivity contribution is -0.148. The Morgan fingerprint density at radius 2 is 2.09 bits per heavy atom. The van der Waals surface area contributed by atoms with E-state index in [1.54, 1.807) is 11.0 Å². The topological polar surface area (TPSA) is 57.6 Å². The van der Waals surface area contributed by atoms with Crippen molar-refractivity contribution in [2.24, 2.45) is 11.8 Å². The van der Waals surface area contributed by atoms with E-state index in [4.69, 9.17) is 11.6 Å². The summed E-state index contributed by atoms with van der Waals surface area (Å²) in [7, 11) is 0. The van der Waals surface area contributed by atoms with E-state index in [1.807, 2.05) is 18.2 Å². The number of hydrogen-bond acceptors (Lipinski definition) is 3. The smallest absolute Gasteiger partial charge is 0.326 e. The molecule has 6 heteroatoms. The Balaban J connectivity index is 1.67. The number of carbonyl (C=O) groups excluding carboxylic acids is 1. The maximum absolute atomic E-state index is 12.5. The molecule has 1 N–H and O–H groups in total. The van der Waals surface area contributed by atoms with Gasteiger partial charge in [0.25, 0.3) is 0 Å². The fourth-order valence-electron chi connectivity index (χ4n) is 3.66. The van der Waals surface area contributed by atoms with E-state index in [1.165, 1.54) is 11.8 Å². The molecular formula is C16H18ClNO3S. The van der Waals surface area contributed by atoms with E-state index in [0.717, 1.165) is 24.2 Å². The van der Waals surface area contributed by atoms with Crippen molar-refractivity contribution in [3.63, 3.8) is 0 Å². The van der Waals surface area contributed by atoms with Gasteiger partial charge in [-0.2, -0.15) is 0 Å². The third-order valence-electron chi connectivity index (χ3n) is 4.65. The second kappa shape index (κ2) is 6.50. The van der Waals surface area contributed by atoms with Gasteiger partial charge in [-0.05, 0) is 36.8 Å². The van der Waals surface area contributed by atoms with Crippen LogP contribution in [0.4, 0.5) is 0 Å². The number of fused-ring (bicyclic) bond motifs is 1. The zero-order chi connectivity index (χ0) is 15.7. The first-order valence-electron chi connectivity index (χ1n) is 7.47. The normalized spacial score (nSPS) is 27.0. The number of thioether (sulfide) groups is 1. The highest BCUT2D eigenvalue weighted by Crippen LogP contribution is 2.42. The summed E-state index contributed by atoms with van der Waals surface area (Å²) in [5, 5.41) is 10.1. The lowest BCUT2D eigenvalue weighted by Crippen LogP contribution is -2.44. The number of halogens is 1. The molecule has 22 heavy (non-hydrogen) atoms. The molecule has 1 aliphatic carbocycles. The Labute approximate surface area is 138 Å². The van der Waals surface area contributed by atoms with Gasteiger partial charge in [0.05, 0.1) is 10.8 Å². The minimum absolute atomic E-state index is 0.105. The summed E-state index contributed by atoms with van der Waals surface area (Å²) in [6.07, 6.45) is 3.04. The lowest BCUT2D eigenvalue weighted by atomic mass is 9.94. The molecule has 0 spiro atoms. The average molecular weight is 340 g/mol. The molecule has 3 atom stereocenters. The first-order chi connectivity index (χ1) is 10.6. The largest absolute Gasteiger partial charge is 0.480 e. The highest BCUT2D eigenvalue weighted by atomic mass is 35.5. The predicted molar refractivity (Wildman–Crippen MR) is 86.1 cm³/mol. The summed E-state index contributed by atoms with van der Waals surface area (Å²) in [6, 6.07) is 6.73. The molecule has 1 saturated carbocycles. The minimum atomic E-state index is -0.870. The van der Waals surface area contributed by atoms with Crippen LogP contribution in [0.3, 0.4) is 0 Å². The second-order valence-corrected chi connectivity index (χ2v) is 7.33. The lowest BCUT2D eigenvalue weighted by Gasteiger charge is -2.24. The summed E-state index contributed by atoms with van der Waals surface area (Å²) in [5.74, 6) is -0.258. The quantitative estimate of drug-likeness (QED) is 0.856. The van der Waals surface area contributed by atoms with Crippen molar-refractivity contribution < 1.29 is 14.7 Å². The van der Waals surface area contributed by atoms with Crippen LogP contribution in [0.1, 0.15) is 19.3 Å². The minimum Gasteiger partial charge on any atom is -0.480 e. The van der Waals surface area contributed by atoms with Crippen molar-refractivity contribution in [2.75, 3.05) is 12.3 Å². The Bertz CT molecular complexity index is 595. The molecule has 3 unspecified atom stereocenters. The molecule has 1 amide bonds. The van der Waals surface area contributed by atoms with Crippen LogP contribution < -0.4 is 0 Å². The highest BCUT2D eigenvalue weighted by Gasteiger charge is 2.49. The third-order valence-corrected chi connectivity index (χ3v) is 6.15. The number of carboxylic acid groups (broad SMARTS) is 1. The van der Waals surface area contributed by atoms with Gasteiger partial charge in [0.1, 0.15) is 6.04 Å². The molecule has 118 valence electrons. The molecule has 3 rings (SSSR count). The predicted octanol–water partition coefficient (Wildman–Crippen LogP) is 3.14. The SMILES string of the molecule is O=C(O)C1C2CCCC2CN1C(=O)CSc1ccccc1Cl. The Hall–Kier alpha value is -1.20. The van der Waals surface area contributed by atoms with E-state index < -0.39 is 12.0 Å². The van der Waals surface area contributed by atoms with Gasteiger partial charge in [-0.3, -0.25) is 4.79 Å². The highest BCUT2D eigenvalue weighted by molar-refractivity contribution is 8.00. The molecule has 1 saturated heterocycles. The van der Waals surface area contributed by atoms with E-state index in [2.05, 4.69) is 0 Å². The molecule has 0 aromatic heterocycles. The van der Waals surface area contributed by atoms with Crippen molar-refractivity contribution in [1.29, 1.82) is 0 Å². The van der Waals surface area contributed by atoms with Crippen LogP contribution in [-0.4, -0.2) is 40.2 Å². The Kier molecular flexibility index (Phi) is 4.64. The van der Waals surface area contributed by atoms with E-state index >= 15 is 0 Å². The van der Waals surface area contributed by atoms with Crippen molar-refractivity contribution in [3.05, 3.63) is 29.3 Å². The molecule has 1 heterocycles. The van der Waals surface area contributed by atoms with E-state index in [-0.39, 0.29) is 17.6 Å². The molecule has 1 aromatic carbocycles. The van der Waals surface area contributed by atoms with Crippen molar-refractivity contribution in [1.82, 2.24) is 4.90 Å². The molecule has 0 bridgehead atoms. The molecular weight excluding hydrogens is 322 g/mol. The molecule has 2 aliphatic rings. The zero-order valence-electron chi connectivity index (χ0n) is 12.1. The molecule has 2 fully saturated rings. The van der Waals surface area contributed by atoms with Gasteiger partial charge in [-0.1, -0.05) is 30.2 Å². The number of carboxylic acids is 1. The summed E-state index contributed by atoms with van der Waals surface area (Å²) in [4.78, 5) is 26.5. The summed E-state index contributed by atoms with van der Waals surface area (Å²) in [6.45, 7) is 0.587. The third kappa shape index (κ3) is 2.97. The number of rotatable bonds is 4. The summed E-state index contributed by atoms with van der Waals surface area (Å²) < 4.78 is 0. The van der Waals surface area contributed by atoms with Crippen LogP contribution in [0.2, 0.25) is 5.02 Å². The number of aliphatic carboxylic acids is 1. The van der Waals surface area contributed by atoms with Crippen LogP contribution in [0.15, 0.2) is 29.2 Å². The van der Waals surface area contributed by atoms with Crippen LogP contribution in [0, 0.1) is 11.8 Å². The maximum atomic E-state index is 12.5. The van der Waals surface area contributed by atoms with Gasteiger partial charge in [0, 0.05) is 11.4 Å². The van der Waals surface area contributed by atoms with Gasteiger partial charge in [0.2, 0.25) is 5.91 Å². The number of hydrogen-bond donors (Lipinski definition) is 1. The van der Waals surface area contributed by atoms with E-state index in [0.29, 0.717) is 17.5 Å². The number of carbonyl (C=O) groups is 2. The number of benzene rings is 1. The van der Waals surface area contributed by atoms with Crippen LogP contribution in [-0.2, 0) is 9.59 Å². The summed E-state index contributed by atoms with van der Waals surface area (Å²) >= 11 is 7.45. The van der Waals surface area contributed by atoms with Crippen LogP contribution in [0.25, 0.3) is 0 Å². The molecule has 4 nitrogen and oxygen atoms in total. The zero-order valence-corrected chi connectivity index (χ0v) is 13.6. The average Bonchev–Trinajstić information content (AvgIpc) is 3.05. The van der Waals surface area contributed by atoms with Crippen molar-refractivity contribution >= 4 is 35.2 Å². The Morgan fingerprint density at radius 3 is 2.82 bits per heavy atom. The molecule has 0 radical (unpaired) electrons. The number of nitrogens with zero attached hydrogens (tertiary/aromatic N) is 1. The maximum Gasteiger partial charge on any atom is 0.326 e. The number of likely N-dealkylation sites (tertiary alicyclic amines) is 1. The van der Waals surface area contributed by atoms with Crippen LogP contribution >= 0.6 is 23.4 Å². The number of amides is 1. The van der Waals surface area contributed by atoms with Gasteiger partial charge in [-0.15, -0.1) is 11.8 Å². The fraction of sp³-hybridized carbons (Fsp3) is 0.500. The summed E-state index contributed by atoms with van der Waals surface area (Å²) in [5.41, 5.74) is 0. The first-order valence-corrected chi connectivity index (χ1v) is 8.84. The van der Waals surface area contributed by atoms with Crippen molar-refractivity contribution in [2.45, 2.75) is 30.2 Å². The molecule has 1 aliphatic heterocycles. The van der Waals surface area contributed by atoms with Gasteiger partial charge in [-0.25, -0.2) is 4.79 Å². The van der Waals surface area contributed by atoms with Gasteiger partial charge < -0.3 is 10.0 Å². The van der Waals surface area contributed by atoms with E-state index in [9.17, 15) is 14.7 Å². The molecule has 1 aromatic rings. The first kappa shape index (κ1) is 15.7. The van der Waals surface area contributed by atoms with Crippen molar-refractivity contribution in [3.8, 4) is 0 Å².